The van der Waals surface area contributed by atoms with E-state index in [0.717, 1.165) is 28.3 Å². The fourth-order valence-corrected chi connectivity index (χ4v) is 4.70. The Kier molecular flexibility index (Phi) is 14.2. The molecule has 4 heterocycles. The van der Waals surface area contributed by atoms with Gasteiger partial charge in [-0.2, -0.15) is 10.5 Å². The minimum Gasteiger partial charge on any atom is -0.496 e. The van der Waals surface area contributed by atoms with Crippen molar-refractivity contribution in [1.82, 2.24) is 9.97 Å². The molecule has 4 aromatic rings. The van der Waals surface area contributed by atoms with E-state index in [9.17, 15) is 4.79 Å². The van der Waals surface area contributed by atoms with E-state index in [-0.39, 0.29) is 0 Å². The second kappa shape index (κ2) is 17.8. The average molecular weight is 593 g/mol. The number of carbonyl (C=O) groups excluding carboxylic acids is 1. The predicted molar refractivity (Wildman–Crippen MR) is 156 cm³/mol. The minimum absolute atomic E-state index is 0.307. The van der Waals surface area contributed by atoms with E-state index in [1.807, 2.05) is 34.5 Å². The SMILES string of the molecule is COc1cscc1CO/N=C/c1cc(C#N)cc(C)n1.COc1cscc1CON.Cc1cc(C#N)cc(C=O)n1. The van der Waals surface area contributed by atoms with Crippen molar-refractivity contribution in [3.8, 4) is 23.6 Å². The molecule has 0 aliphatic carbocycles. The maximum absolute atomic E-state index is 10.3. The summed E-state index contributed by atoms with van der Waals surface area (Å²) in [5.74, 6) is 6.53. The van der Waals surface area contributed by atoms with Gasteiger partial charge in [-0.3, -0.25) is 19.6 Å². The molecule has 4 aromatic heterocycles. The summed E-state index contributed by atoms with van der Waals surface area (Å²) in [6, 6.07) is 10.5. The topological polar surface area (TPSA) is 166 Å². The van der Waals surface area contributed by atoms with E-state index in [1.54, 1.807) is 62.0 Å². The highest BCUT2D eigenvalue weighted by molar-refractivity contribution is 7.08. The Hall–Kier alpha value is -4.66. The molecule has 0 aliphatic heterocycles. The smallest absolute Gasteiger partial charge is 0.168 e. The van der Waals surface area contributed by atoms with Gasteiger partial charge in [-0.1, -0.05) is 5.16 Å². The molecular weight excluding hydrogens is 564 g/mol. The predicted octanol–water partition coefficient (Wildman–Crippen LogP) is 5.10. The molecule has 0 bridgehead atoms. The van der Waals surface area contributed by atoms with Crippen LogP contribution in [-0.4, -0.2) is 36.7 Å². The summed E-state index contributed by atoms with van der Waals surface area (Å²) in [5.41, 5.74) is 5.33. The van der Waals surface area contributed by atoms with Crippen LogP contribution in [-0.2, 0) is 22.9 Å². The summed E-state index contributed by atoms with van der Waals surface area (Å²) in [4.78, 5) is 28.0. The van der Waals surface area contributed by atoms with Gasteiger partial charge in [0.1, 0.15) is 23.8 Å². The van der Waals surface area contributed by atoms with Gasteiger partial charge in [-0.05, 0) is 38.1 Å². The van der Waals surface area contributed by atoms with Crippen LogP contribution >= 0.6 is 22.7 Å². The van der Waals surface area contributed by atoms with Crippen molar-refractivity contribution in [3.05, 3.63) is 90.8 Å². The van der Waals surface area contributed by atoms with Gasteiger partial charge in [-0.25, -0.2) is 5.90 Å². The molecule has 0 aromatic carbocycles. The number of aryl methyl sites for hydroxylation is 2. The summed E-state index contributed by atoms with van der Waals surface area (Å²) < 4.78 is 10.2. The van der Waals surface area contributed by atoms with E-state index in [0.29, 0.717) is 47.7 Å². The summed E-state index contributed by atoms with van der Waals surface area (Å²) in [5, 5.41) is 28.9. The molecule has 0 spiro atoms. The van der Waals surface area contributed by atoms with Crippen molar-refractivity contribution in [2.24, 2.45) is 11.1 Å². The normalized spacial score (nSPS) is 9.83. The lowest BCUT2D eigenvalue weighted by molar-refractivity contribution is 0.111. The Morgan fingerprint density at radius 3 is 1.85 bits per heavy atom. The number of nitrogens with two attached hydrogens (primary N) is 1. The van der Waals surface area contributed by atoms with Gasteiger partial charge in [-0.15, -0.1) is 22.7 Å². The van der Waals surface area contributed by atoms with Crippen molar-refractivity contribution in [2.75, 3.05) is 14.2 Å². The fourth-order valence-electron chi connectivity index (χ4n) is 3.12. The van der Waals surface area contributed by atoms with E-state index in [4.69, 9.17) is 30.7 Å². The van der Waals surface area contributed by atoms with Crippen molar-refractivity contribution in [2.45, 2.75) is 27.1 Å². The number of aldehydes is 1. The highest BCUT2D eigenvalue weighted by atomic mass is 32.1. The second-order valence-electron chi connectivity index (χ2n) is 7.94. The van der Waals surface area contributed by atoms with Crippen molar-refractivity contribution >= 4 is 35.2 Å². The second-order valence-corrected chi connectivity index (χ2v) is 9.42. The van der Waals surface area contributed by atoms with Gasteiger partial charge in [0.2, 0.25) is 0 Å². The van der Waals surface area contributed by atoms with E-state index in [1.165, 1.54) is 12.3 Å². The van der Waals surface area contributed by atoms with Crippen LogP contribution in [0, 0.1) is 36.5 Å². The quantitative estimate of drug-likeness (QED) is 0.157. The monoisotopic (exact) mass is 592 g/mol. The third-order valence-electron chi connectivity index (χ3n) is 4.89. The lowest BCUT2D eigenvalue weighted by Crippen LogP contribution is -1.98. The zero-order valence-corrected chi connectivity index (χ0v) is 24.5. The van der Waals surface area contributed by atoms with Crippen molar-refractivity contribution < 1.29 is 23.9 Å². The number of nitriles is 2. The van der Waals surface area contributed by atoms with Gasteiger partial charge in [0, 0.05) is 44.0 Å². The number of hydrogen-bond acceptors (Lipinski definition) is 13. The largest absolute Gasteiger partial charge is 0.496 e. The molecule has 2 N–H and O–H groups in total. The van der Waals surface area contributed by atoms with Crippen molar-refractivity contribution in [1.29, 1.82) is 10.5 Å². The molecule has 0 saturated carbocycles. The number of hydrogen-bond donors (Lipinski definition) is 1. The number of nitrogens with zero attached hydrogens (tertiary/aromatic N) is 5. The Labute approximate surface area is 246 Å². The Balaban J connectivity index is 0.000000236. The van der Waals surface area contributed by atoms with Gasteiger partial charge in [0.05, 0.1) is 56.0 Å². The van der Waals surface area contributed by atoms with Crippen LogP contribution in [0.2, 0.25) is 0 Å². The summed E-state index contributed by atoms with van der Waals surface area (Å²) in [6.45, 7) is 4.32. The van der Waals surface area contributed by atoms with Crippen LogP contribution in [0.3, 0.4) is 0 Å². The molecule has 11 nitrogen and oxygen atoms in total. The molecule has 13 heteroatoms. The third kappa shape index (κ3) is 11.2. The number of methoxy groups -OCH3 is 2. The molecule has 0 aliphatic rings. The molecule has 0 amide bonds. The number of carbonyl (C=O) groups is 1. The fraction of sp³-hybridized carbons (Fsp3) is 0.214. The van der Waals surface area contributed by atoms with E-state index >= 15 is 0 Å². The van der Waals surface area contributed by atoms with Crippen LogP contribution in [0.4, 0.5) is 0 Å². The zero-order valence-electron chi connectivity index (χ0n) is 22.9. The van der Waals surface area contributed by atoms with Crippen LogP contribution in [0.5, 0.6) is 11.5 Å². The number of ether oxygens (including phenoxy) is 2. The highest BCUT2D eigenvalue weighted by Gasteiger charge is 2.04. The first-order valence-corrected chi connectivity index (χ1v) is 13.6. The van der Waals surface area contributed by atoms with E-state index in [2.05, 4.69) is 26.0 Å². The van der Waals surface area contributed by atoms with Gasteiger partial charge in [0.15, 0.2) is 6.29 Å². The molecule has 0 fully saturated rings. The first-order chi connectivity index (χ1) is 19.9. The first-order valence-electron chi connectivity index (χ1n) is 11.7. The number of oxime groups is 1. The molecule has 4 rings (SSSR count). The summed E-state index contributed by atoms with van der Waals surface area (Å²) >= 11 is 3.12. The zero-order chi connectivity index (χ0) is 30.0. The van der Waals surface area contributed by atoms with Gasteiger partial charge >= 0.3 is 0 Å². The maximum Gasteiger partial charge on any atom is 0.168 e. The maximum atomic E-state index is 10.3. The Morgan fingerprint density at radius 1 is 0.854 bits per heavy atom. The number of pyridine rings is 2. The van der Waals surface area contributed by atoms with Gasteiger partial charge in [0.25, 0.3) is 0 Å². The lowest BCUT2D eigenvalue weighted by Gasteiger charge is -2.01. The molecule has 0 radical (unpaired) electrons. The van der Waals surface area contributed by atoms with Gasteiger partial charge < -0.3 is 14.3 Å². The average Bonchev–Trinajstić information content (AvgIpc) is 3.64. The molecule has 0 saturated heterocycles. The van der Waals surface area contributed by atoms with Crippen LogP contribution in [0.1, 0.15) is 49.8 Å². The van der Waals surface area contributed by atoms with E-state index < -0.39 is 0 Å². The number of thiophene rings is 2. The minimum atomic E-state index is 0.307. The molecule has 41 heavy (non-hydrogen) atoms. The standard InChI is InChI=1S/C14H13N3O2S.C8H6N2O.C6H9NO2S/c1-10-3-11(5-15)4-13(17-10)6-16-19-7-12-8-20-9-14(12)18-2;1-6-2-7(4-9)3-8(5-11)10-6;1-8-6-4-10-3-5(6)2-9-7/h3-4,6,8-9H,7H2,1-2H3;2-3,5H,1H3;3-4H,2,7H2,1H3/b16-6+;;. The molecule has 0 unspecified atom stereocenters. The van der Waals surface area contributed by atoms with Crippen LogP contribution < -0.4 is 15.4 Å². The van der Waals surface area contributed by atoms with Crippen molar-refractivity contribution in [3.63, 3.8) is 0 Å². The molecule has 212 valence electrons. The summed E-state index contributed by atoms with van der Waals surface area (Å²) in [6.07, 6.45) is 2.13. The molecule has 0 atom stereocenters. The highest BCUT2D eigenvalue weighted by Crippen LogP contribution is 2.24. The Bertz CT molecular complexity index is 1520. The first kappa shape index (κ1) is 32.6. The summed E-state index contributed by atoms with van der Waals surface area (Å²) in [7, 11) is 3.25. The number of rotatable bonds is 9. The third-order valence-corrected chi connectivity index (χ3v) is 6.43. The lowest BCUT2D eigenvalue weighted by atomic mass is 10.2. The molecular formula is C28H28N6O5S2. The Morgan fingerprint density at radius 2 is 1.37 bits per heavy atom. The van der Waals surface area contributed by atoms with Crippen LogP contribution in [0.15, 0.2) is 50.9 Å². The van der Waals surface area contributed by atoms with Crippen LogP contribution in [0.25, 0.3) is 0 Å². The number of aromatic nitrogens is 2.